The summed E-state index contributed by atoms with van der Waals surface area (Å²) in [6.45, 7) is 12.6. The summed E-state index contributed by atoms with van der Waals surface area (Å²) in [6.07, 6.45) is 6.50. The third-order valence-electron chi connectivity index (χ3n) is 6.64. The second-order valence-corrected chi connectivity index (χ2v) is 9.74. The number of aromatic nitrogens is 9. The first-order chi connectivity index (χ1) is 17.9. The van der Waals surface area contributed by atoms with Crippen LogP contribution in [-0.4, -0.2) is 67.6 Å². The van der Waals surface area contributed by atoms with Crippen molar-refractivity contribution in [1.82, 2.24) is 49.2 Å². The molecule has 0 aliphatic carbocycles. The lowest BCUT2D eigenvalue weighted by molar-refractivity contribution is -0.133. The van der Waals surface area contributed by atoms with Crippen molar-refractivity contribution in [2.24, 2.45) is 5.92 Å². The summed E-state index contributed by atoms with van der Waals surface area (Å²) in [5.74, 6) is 4.28. The van der Waals surface area contributed by atoms with E-state index in [1.807, 2.05) is 30.2 Å². The summed E-state index contributed by atoms with van der Waals surface area (Å²) in [5, 5.41) is 12.1. The summed E-state index contributed by atoms with van der Waals surface area (Å²) in [5.41, 5.74) is 2.11. The Morgan fingerprint density at radius 3 is 2.57 bits per heavy atom. The van der Waals surface area contributed by atoms with E-state index in [-0.39, 0.29) is 5.91 Å². The number of anilines is 1. The van der Waals surface area contributed by atoms with Gasteiger partial charge in [0.15, 0.2) is 22.8 Å². The molecular formula is C25H33N11O. The minimum atomic E-state index is -0.458. The van der Waals surface area contributed by atoms with Crippen molar-refractivity contribution < 1.29 is 4.79 Å². The average molecular weight is 504 g/mol. The van der Waals surface area contributed by atoms with Gasteiger partial charge in [0.2, 0.25) is 5.91 Å². The topological polar surface area (TPSA) is 132 Å². The van der Waals surface area contributed by atoms with Gasteiger partial charge < -0.3 is 19.4 Å². The number of carbonyl (C=O) groups is 1. The highest BCUT2D eigenvalue weighted by molar-refractivity contribution is 5.90. The van der Waals surface area contributed by atoms with Gasteiger partial charge in [-0.25, -0.2) is 24.9 Å². The molecule has 1 unspecified atom stereocenters. The van der Waals surface area contributed by atoms with Gasteiger partial charge in [-0.15, -0.1) is 10.2 Å². The Balaban J connectivity index is 1.39. The van der Waals surface area contributed by atoms with Crippen LogP contribution in [0.15, 0.2) is 18.7 Å². The van der Waals surface area contributed by atoms with E-state index in [9.17, 15) is 4.79 Å². The van der Waals surface area contributed by atoms with E-state index in [1.165, 1.54) is 6.33 Å². The van der Waals surface area contributed by atoms with Crippen molar-refractivity contribution in [3.8, 4) is 11.4 Å². The van der Waals surface area contributed by atoms with Crippen LogP contribution >= 0.6 is 0 Å². The van der Waals surface area contributed by atoms with Crippen LogP contribution in [0.5, 0.6) is 0 Å². The first-order valence-corrected chi connectivity index (χ1v) is 12.9. The Kier molecular flexibility index (Phi) is 6.81. The molecule has 0 radical (unpaired) electrons. The molecule has 4 aromatic rings. The van der Waals surface area contributed by atoms with E-state index in [4.69, 9.17) is 4.98 Å². The molecule has 0 saturated heterocycles. The average Bonchev–Trinajstić information content (AvgIpc) is 3.48. The summed E-state index contributed by atoms with van der Waals surface area (Å²) < 4.78 is 4.16. The Morgan fingerprint density at radius 2 is 1.86 bits per heavy atom. The molecule has 1 N–H and O–H groups in total. The van der Waals surface area contributed by atoms with Crippen LogP contribution in [-0.2, 0) is 30.8 Å². The zero-order valence-corrected chi connectivity index (χ0v) is 22.0. The molecule has 12 heteroatoms. The summed E-state index contributed by atoms with van der Waals surface area (Å²) in [4.78, 5) is 37.8. The molecule has 5 rings (SSSR count). The van der Waals surface area contributed by atoms with Crippen molar-refractivity contribution in [2.45, 2.75) is 73.1 Å². The zero-order chi connectivity index (χ0) is 26.1. The molecule has 0 fully saturated rings. The monoisotopic (exact) mass is 503 g/mol. The summed E-state index contributed by atoms with van der Waals surface area (Å²) >= 11 is 0. The zero-order valence-electron chi connectivity index (χ0n) is 22.0. The van der Waals surface area contributed by atoms with Crippen molar-refractivity contribution in [3.05, 3.63) is 36.2 Å². The highest BCUT2D eigenvalue weighted by Crippen LogP contribution is 2.27. The fourth-order valence-corrected chi connectivity index (χ4v) is 4.72. The molecule has 0 saturated carbocycles. The van der Waals surface area contributed by atoms with Gasteiger partial charge in [0.25, 0.3) is 0 Å². The number of hydrogen-bond donors (Lipinski definition) is 1. The molecule has 0 bridgehead atoms. The van der Waals surface area contributed by atoms with E-state index in [0.29, 0.717) is 67.1 Å². The van der Waals surface area contributed by atoms with Gasteiger partial charge in [-0.05, 0) is 26.2 Å². The SMILES string of the molecule is CCC(Nc1ncnc2c1nc(-c1cnc(C)nc1)n2CC)C(=O)N1CCn2c(CC(C)C)nnc2C1. The maximum absolute atomic E-state index is 13.6. The van der Waals surface area contributed by atoms with Gasteiger partial charge in [0.1, 0.15) is 29.8 Å². The first-order valence-electron chi connectivity index (χ1n) is 12.9. The second-order valence-electron chi connectivity index (χ2n) is 9.74. The summed E-state index contributed by atoms with van der Waals surface area (Å²) in [6, 6.07) is -0.458. The minimum absolute atomic E-state index is 0.0102. The number of nitrogens with one attached hydrogen (secondary N) is 1. The molecule has 5 heterocycles. The molecule has 12 nitrogen and oxygen atoms in total. The van der Waals surface area contributed by atoms with Gasteiger partial charge in [0, 0.05) is 38.4 Å². The van der Waals surface area contributed by atoms with Gasteiger partial charge in [0.05, 0.1) is 12.1 Å². The van der Waals surface area contributed by atoms with Crippen LogP contribution in [0.3, 0.4) is 0 Å². The Labute approximate surface area is 215 Å². The predicted octanol–water partition coefficient (Wildman–Crippen LogP) is 2.63. The maximum atomic E-state index is 13.6. The van der Waals surface area contributed by atoms with E-state index in [0.717, 1.165) is 23.6 Å². The largest absolute Gasteiger partial charge is 0.356 e. The minimum Gasteiger partial charge on any atom is -0.356 e. The first kappa shape index (κ1) is 24.7. The number of amides is 1. The van der Waals surface area contributed by atoms with Gasteiger partial charge in [-0.1, -0.05) is 20.8 Å². The van der Waals surface area contributed by atoms with Crippen LogP contribution in [0.2, 0.25) is 0 Å². The molecular weight excluding hydrogens is 470 g/mol. The number of aryl methyl sites for hydroxylation is 2. The third-order valence-corrected chi connectivity index (χ3v) is 6.64. The summed E-state index contributed by atoms with van der Waals surface area (Å²) in [7, 11) is 0. The van der Waals surface area contributed by atoms with Gasteiger partial charge in [-0.3, -0.25) is 4.79 Å². The highest BCUT2D eigenvalue weighted by atomic mass is 16.2. The molecule has 37 heavy (non-hydrogen) atoms. The molecule has 1 atom stereocenters. The molecule has 0 spiro atoms. The highest BCUT2D eigenvalue weighted by Gasteiger charge is 2.30. The van der Waals surface area contributed by atoms with Crippen LogP contribution in [0.1, 0.15) is 51.6 Å². The van der Waals surface area contributed by atoms with Crippen LogP contribution < -0.4 is 5.32 Å². The lowest BCUT2D eigenvalue weighted by Gasteiger charge is -2.31. The van der Waals surface area contributed by atoms with E-state index < -0.39 is 6.04 Å². The fraction of sp³-hybridized carbons (Fsp3) is 0.520. The lowest BCUT2D eigenvalue weighted by Crippen LogP contribution is -2.46. The number of imidazole rings is 1. The number of carbonyl (C=O) groups excluding carboxylic acids is 1. The van der Waals surface area contributed by atoms with Crippen molar-refractivity contribution in [3.63, 3.8) is 0 Å². The van der Waals surface area contributed by atoms with Gasteiger partial charge >= 0.3 is 0 Å². The number of fused-ring (bicyclic) bond motifs is 2. The normalized spacial score (nSPS) is 14.3. The van der Waals surface area contributed by atoms with Crippen LogP contribution in [0, 0.1) is 12.8 Å². The quantitative estimate of drug-likeness (QED) is 0.385. The van der Waals surface area contributed by atoms with Crippen molar-refractivity contribution in [1.29, 1.82) is 0 Å². The van der Waals surface area contributed by atoms with E-state index in [2.05, 4.69) is 53.9 Å². The molecule has 194 valence electrons. The molecule has 1 aliphatic rings. The smallest absolute Gasteiger partial charge is 0.245 e. The van der Waals surface area contributed by atoms with Crippen molar-refractivity contribution in [2.75, 3.05) is 11.9 Å². The number of hydrogen-bond acceptors (Lipinski definition) is 9. The van der Waals surface area contributed by atoms with Crippen LogP contribution in [0.4, 0.5) is 5.82 Å². The third kappa shape index (κ3) is 4.75. The molecule has 1 amide bonds. The fourth-order valence-electron chi connectivity index (χ4n) is 4.72. The van der Waals surface area contributed by atoms with Crippen molar-refractivity contribution >= 4 is 22.9 Å². The Bertz CT molecular complexity index is 1410. The Morgan fingerprint density at radius 1 is 1.08 bits per heavy atom. The molecule has 1 aliphatic heterocycles. The van der Waals surface area contributed by atoms with Crippen LogP contribution in [0.25, 0.3) is 22.6 Å². The lowest BCUT2D eigenvalue weighted by atomic mass is 10.1. The number of nitrogens with zero attached hydrogens (tertiary/aromatic N) is 10. The predicted molar refractivity (Wildman–Crippen MR) is 138 cm³/mol. The Hall–Kier alpha value is -3.96. The standard InChI is InChI=1S/C25H33N11O/c1-6-18(25(37)34-8-9-36-19(10-15(3)4)32-33-20(36)13-34)30-22-21-24(29-14-28-22)35(7-2)23(31-21)17-11-26-16(5)27-12-17/h11-12,14-15,18H,6-10,13H2,1-5H3,(H,28,29,30). The second kappa shape index (κ2) is 10.2. The van der Waals surface area contributed by atoms with E-state index in [1.54, 1.807) is 12.4 Å². The number of rotatable bonds is 8. The van der Waals surface area contributed by atoms with E-state index >= 15 is 0 Å². The molecule has 0 aromatic carbocycles. The van der Waals surface area contributed by atoms with Gasteiger partial charge in [-0.2, -0.15) is 0 Å². The molecule has 4 aromatic heterocycles. The maximum Gasteiger partial charge on any atom is 0.245 e.